The Balaban J connectivity index is 1.43. The summed E-state index contributed by atoms with van der Waals surface area (Å²) < 4.78 is 5.77. The normalized spacial score (nSPS) is 17.9. The van der Waals surface area contributed by atoms with Crippen molar-refractivity contribution >= 4 is 22.6 Å². The molecule has 3 heterocycles. The minimum absolute atomic E-state index is 0.00925. The van der Waals surface area contributed by atoms with Crippen LogP contribution in [0.25, 0.3) is 10.9 Å². The Morgan fingerprint density at radius 2 is 2.10 bits per heavy atom. The zero-order valence-electron chi connectivity index (χ0n) is 17.4. The summed E-state index contributed by atoms with van der Waals surface area (Å²) in [6.07, 6.45) is 4.41. The van der Waals surface area contributed by atoms with Gasteiger partial charge in [-0.05, 0) is 68.0 Å². The van der Waals surface area contributed by atoms with Crippen molar-refractivity contribution in [1.29, 1.82) is 0 Å². The molecule has 6 heteroatoms. The van der Waals surface area contributed by atoms with Crippen LogP contribution in [-0.2, 0) is 17.9 Å². The highest BCUT2D eigenvalue weighted by molar-refractivity contribution is 5.99. The van der Waals surface area contributed by atoms with E-state index in [0.717, 1.165) is 27.7 Å². The Hall–Kier alpha value is -2.99. The van der Waals surface area contributed by atoms with Crippen LogP contribution in [0.15, 0.2) is 36.5 Å². The van der Waals surface area contributed by atoms with Crippen LogP contribution in [0.5, 0.6) is 0 Å². The predicted octanol–water partition coefficient (Wildman–Crippen LogP) is 4.34. The lowest BCUT2D eigenvalue weighted by Crippen LogP contribution is -2.30. The van der Waals surface area contributed by atoms with Crippen molar-refractivity contribution in [2.75, 3.05) is 12.3 Å². The molecule has 0 saturated heterocycles. The minimum Gasteiger partial charge on any atom is -0.383 e. The number of nitrogens with zero attached hydrogens (tertiary/aromatic N) is 3. The van der Waals surface area contributed by atoms with Gasteiger partial charge in [0.15, 0.2) is 0 Å². The summed E-state index contributed by atoms with van der Waals surface area (Å²) in [6.45, 7) is 5.57. The average Bonchev–Trinajstić information content (AvgIpc) is 3.53. The van der Waals surface area contributed by atoms with Crippen LogP contribution in [0, 0.1) is 0 Å². The van der Waals surface area contributed by atoms with Crippen molar-refractivity contribution < 1.29 is 9.53 Å². The number of nitrogens with two attached hydrogens (primary N) is 1. The number of pyridine rings is 2. The van der Waals surface area contributed by atoms with Gasteiger partial charge in [0.1, 0.15) is 5.82 Å². The Kier molecular flexibility index (Phi) is 4.66. The highest BCUT2D eigenvalue weighted by Gasteiger charge is 2.27. The molecule has 3 aromatic rings. The van der Waals surface area contributed by atoms with E-state index >= 15 is 0 Å². The fourth-order valence-electron chi connectivity index (χ4n) is 4.29. The number of ether oxygens (including phenoxy) is 1. The van der Waals surface area contributed by atoms with Gasteiger partial charge in [-0.2, -0.15) is 0 Å². The highest BCUT2D eigenvalue weighted by Crippen LogP contribution is 2.40. The van der Waals surface area contributed by atoms with Crippen molar-refractivity contribution in [1.82, 2.24) is 14.9 Å². The second-order valence-electron chi connectivity index (χ2n) is 8.25. The lowest BCUT2D eigenvalue weighted by molar-refractivity contribution is 0.0750. The molecule has 1 aliphatic heterocycles. The van der Waals surface area contributed by atoms with Crippen LogP contribution in [-0.4, -0.2) is 27.3 Å². The van der Waals surface area contributed by atoms with Gasteiger partial charge in [-0.15, -0.1) is 0 Å². The molecule has 2 aliphatic rings. The Morgan fingerprint density at radius 3 is 2.80 bits per heavy atom. The molecule has 154 valence electrons. The topological polar surface area (TPSA) is 81.3 Å². The maximum absolute atomic E-state index is 13.3. The smallest absolute Gasteiger partial charge is 0.254 e. The molecule has 5 rings (SSSR count). The average molecular weight is 402 g/mol. The van der Waals surface area contributed by atoms with Crippen molar-refractivity contribution in [2.45, 2.75) is 51.9 Å². The molecule has 1 saturated carbocycles. The maximum atomic E-state index is 13.3. The molecule has 6 nitrogen and oxygen atoms in total. The first-order chi connectivity index (χ1) is 14.5. The van der Waals surface area contributed by atoms with Gasteiger partial charge in [-0.3, -0.25) is 9.78 Å². The molecule has 2 N–H and O–H groups in total. The van der Waals surface area contributed by atoms with E-state index in [0.29, 0.717) is 37.0 Å². The summed E-state index contributed by atoms with van der Waals surface area (Å²) in [6, 6.07) is 9.82. The fraction of sp³-hybridized carbons (Fsp3) is 0.375. The van der Waals surface area contributed by atoms with Crippen LogP contribution in [0.3, 0.4) is 0 Å². The second-order valence-corrected chi connectivity index (χ2v) is 8.25. The summed E-state index contributed by atoms with van der Waals surface area (Å²) in [5.74, 6) is 1.19. The SMILES string of the molecule is CCN(Cc1ccc(C2CC2)cn1)C(=O)c1ccc2nc(N)c3c(c2c1)CO[C@@H]3C. The number of carbonyl (C=O) groups is 1. The van der Waals surface area contributed by atoms with E-state index in [4.69, 9.17) is 10.5 Å². The predicted molar refractivity (Wildman–Crippen MR) is 116 cm³/mol. The second kappa shape index (κ2) is 7.36. The molecule has 0 bridgehead atoms. The Morgan fingerprint density at radius 1 is 1.27 bits per heavy atom. The van der Waals surface area contributed by atoms with E-state index < -0.39 is 0 Å². The number of rotatable bonds is 5. The van der Waals surface area contributed by atoms with Crippen molar-refractivity contribution in [3.8, 4) is 0 Å². The third-order valence-electron chi connectivity index (χ3n) is 6.21. The number of hydrogen-bond acceptors (Lipinski definition) is 5. The Bertz CT molecular complexity index is 1120. The van der Waals surface area contributed by atoms with Gasteiger partial charge in [-0.1, -0.05) is 6.07 Å². The van der Waals surface area contributed by atoms with Crippen molar-refractivity contribution in [2.24, 2.45) is 0 Å². The van der Waals surface area contributed by atoms with Gasteiger partial charge in [0.05, 0.1) is 30.5 Å². The number of hydrogen-bond donors (Lipinski definition) is 1. The summed E-state index contributed by atoms with van der Waals surface area (Å²) in [7, 11) is 0. The van der Waals surface area contributed by atoms with Gasteiger partial charge < -0.3 is 15.4 Å². The largest absolute Gasteiger partial charge is 0.383 e. The number of benzene rings is 1. The highest BCUT2D eigenvalue weighted by atomic mass is 16.5. The molecule has 0 radical (unpaired) electrons. The number of aromatic nitrogens is 2. The van der Waals surface area contributed by atoms with Gasteiger partial charge in [0.25, 0.3) is 5.91 Å². The van der Waals surface area contributed by atoms with Crippen molar-refractivity contribution in [3.63, 3.8) is 0 Å². The van der Waals surface area contributed by atoms with Crippen LogP contribution in [0.2, 0.25) is 0 Å². The molecule has 1 atom stereocenters. The lowest BCUT2D eigenvalue weighted by Gasteiger charge is -2.21. The first-order valence-electron chi connectivity index (χ1n) is 10.6. The van der Waals surface area contributed by atoms with Gasteiger partial charge >= 0.3 is 0 Å². The third kappa shape index (κ3) is 3.31. The van der Waals surface area contributed by atoms with Gasteiger partial charge in [0.2, 0.25) is 0 Å². The first kappa shape index (κ1) is 19.0. The van der Waals surface area contributed by atoms with E-state index in [9.17, 15) is 4.79 Å². The van der Waals surface area contributed by atoms with Gasteiger partial charge in [0, 0.05) is 29.3 Å². The molecule has 30 heavy (non-hydrogen) atoms. The standard InChI is InChI=1S/C24H26N4O2/c1-3-28(12-18-8-6-17(11-26-18)15-4-5-15)24(29)16-7-9-21-19(10-16)20-13-30-14(2)22(20)23(25)27-21/h6-11,14-15H,3-5,12-13H2,1-2H3,(H2,25,27)/t14-/m1/s1. The Labute approximate surface area is 176 Å². The minimum atomic E-state index is -0.0758. The van der Waals surface area contributed by atoms with E-state index in [1.54, 1.807) is 0 Å². The molecule has 2 aromatic heterocycles. The quantitative estimate of drug-likeness (QED) is 0.686. The number of nitrogen functional groups attached to an aromatic ring is 1. The zero-order chi connectivity index (χ0) is 20.8. The van der Waals surface area contributed by atoms with Crippen LogP contribution in [0.1, 0.15) is 71.5 Å². The number of amides is 1. The van der Waals surface area contributed by atoms with Crippen molar-refractivity contribution in [3.05, 3.63) is 64.5 Å². The summed E-state index contributed by atoms with van der Waals surface area (Å²) in [4.78, 5) is 24.2. The maximum Gasteiger partial charge on any atom is 0.254 e. The lowest BCUT2D eigenvalue weighted by atomic mass is 10.00. The molecule has 0 unspecified atom stereocenters. The first-order valence-corrected chi connectivity index (χ1v) is 10.6. The number of fused-ring (bicyclic) bond motifs is 3. The monoisotopic (exact) mass is 402 g/mol. The fourth-order valence-corrected chi connectivity index (χ4v) is 4.29. The van der Waals surface area contributed by atoms with Crippen LogP contribution in [0.4, 0.5) is 5.82 Å². The summed E-state index contributed by atoms with van der Waals surface area (Å²) in [5.41, 5.74) is 11.8. The molecular formula is C24H26N4O2. The summed E-state index contributed by atoms with van der Waals surface area (Å²) in [5, 5.41) is 0.942. The van der Waals surface area contributed by atoms with Gasteiger partial charge in [-0.25, -0.2) is 4.98 Å². The number of anilines is 1. The molecule has 1 fully saturated rings. The molecular weight excluding hydrogens is 376 g/mol. The van der Waals surface area contributed by atoms with E-state index in [1.807, 2.05) is 49.2 Å². The molecule has 1 aliphatic carbocycles. The van der Waals surface area contributed by atoms with E-state index in [-0.39, 0.29) is 12.0 Å². The van der Waals surface area contributed by atoms with Crippen LogP contribution < -0.4 is 5.73 Å². The molecule has 0 spiro atoms. The molecule has 1 aromatic carbocycles. The van der Waals surface area contributed by atoms with Crippen LogP contribution >= 0.6 is 0 Å². The zero-order valence-corrected chi connectivity index (χ0v) is 17.4. The third-order valence-corrected chi connectivity index (χ3v) is 6.21. The molecule has 1 amide bonds. The van der Waals surface area contributed by atoms with E-state index in [2.05, 4.69) is 16.0 Å². The number of carbonyl (C=O) groups excluding carboxylic acids is 1. The van der Waals surface area contributed by atoms with E-state index in [1.165, 1.54) is 18.4 Å². The summed E-state index contributed by atoms with van der Waals surface area (Å²) >= 11 is 0.